The van der Waals surface area contributed by atoms with Gasteiger partial charge in [0.1, 0.15) is 19.3 Å². The average molecular weight is 927 g/mol. The molecule has 2 atom stereocenters. The Morgan fingerprint density at radius 1 is 0.515 bits per heavy atom. The maximum absolute atomic E-state index is 13.2. The third-order valence-corrected chi connectivity index (χ3v) is 12.3. The van der Waals surface area contributed by atoms with Crippen LogP contribution < -0.4 is 5.32 Å². The molecule has 1 N–H and O–H groups in total. The van der Waals surface area contributed by atoms with Crippen molar-refractivity contribution in [2.45, 2.75) is 251 Å². The van der Waals surface area contributed by atoms with Crippen molar-refractivity contribution in [3.63, 3.8) is 0 Å². The number of ether oxygens (including phenoxy) is 4. The van der Waals surface area contributed by atoms with Gasteiger partial charge in [0.05, 0.1) is 0 Å². The molecular formula is C56H98N2O8. The molecular weight excluding hydrogens is 829 g/mol. The first-order chi connectivity index (χ1) is 32.3. The minimum atomic E-state index is -0.921. The zero-order chi connectivity index (χ0) is 48.0. The lowest BCUT2D eigenvalue weighted by molar-refractivity contribution is -0.167. The van der Waals surface area contributed by atoms with E-state index in [1.165, 1.54) is 51.4 Å². The Balaban J connectivity index is 2.56. The second-order valence-corrected chi connectivity index (χ2v) is 18.5. The standard InChI is InChI=1S/C56H98N2O8/c1-5-8-11-14-16-18-20-22-24-26-28-30-32-34-37-42-53(59)63-48-52(49-64-54(60)43-38-35-33-31-29-27-25-23-21-19-17-15-12-9-6-2)65-55(61)45-44-51(41-36-13-10-7-3)66-56(62)57-47-50-40-39-46-58(50)4/h16-19,22-25,50-52H,5-15,20-21,26-49H2,1-4H3,(H,57,62)/b18-16-,19-17-,24-22-,25-23-. The molecule has 0 aromatic heterocycles. The first-order valence-electron chi connectivity index (χ1n) is 27.0. The molecule has 1 amide bonds. The quantitative estimate of drug-likeness (QED) is 0.0276. The highest BCUT2D eigenvalue weighted by molar-refractivity contribution is 5.71. The molecule has 380 valence electrons. The molecule has 1 fully saturated rings. The molecule has 2 unspecified atom stereocenters. The van der Waals surface area contributed by atoms with Gasteiger partial charge in [-0.05, 0) is 123 Å². The van der Waals surface area contributed by atoms with Gasteiger partial charge in [0.2, 0.25) is 0 Å². The van der Waals surface area contributed by atoms with Crippen LogP contribution in [-0.4, -0.2) is 80.5 Å². The van der Waals surface area contributed by atoms with Crippen molar-refractivity contribution in [2.75, 3.05) is 33.4 Å². The van der Waals surface area contributed by atoms with Crippen molar-refractivity contribution in [1.82, 2.24) is 10.2 Å². The summed E-state index contributed by atoms with van der Waals surface area (Å²) in [5.41, 5.74) is 0. The number of rotatable bonds is 44. The normalized spacial score (nSPS) is 14.9. The second-order valence-electron chi connectivity index (χ2n) is 18.5. The lowest BCUT2D eigenvalue weighted by Gasteiger charge is -2.22. The van der Waals surface area contributed by atoms with E-state index < -0.39 is 24.3 Å². The van der Waals surface area contributed by atoms with Crippen LogP contribution in [0, 0.1) is 0 Å². The molecule has 0 aromatic rings. The molecule has 10 heteroatoms. The molecule has 1 rings (SSSR count). The molecule has 0 spiro atoms. The van der Waals surface area contributed by atoms with E-state index in [4.69, 9.17) is 18.9 Å². The van der Waals surface area contributed by atoms with Crippen molar-refractivity contribution in [3.05, 3.63) is 48.6 Å². The molecule has 0 aromatic carbocycles. The smallest absolute Gasteiger partial charge is 0.407 e. The van der Waals surface area contributed by atoms with E-state index in [9.17, 15) is 19.2 Å². The first-order valence-corrected chi connectivity index (χ1v) is 27.0. The number of carbonyl (C=O) groups is 4. The van der Waals surface area contributed by atoms with Crippen molar-refractivity contribution >= 4 is 24.0 Å². The maximum Gasteiger partial charge on any atom is 0.407 e. The van der Waals surface area contributed by atoms with Crippen molar-refractivity contribution in [2.24, 2.45) is 0 Å². The topological polar surface area (TPSA) is 120 Å². The number of amides is 1. The van der Waals surface area contributed by atoms with Gasteiger partial charge in [-0.3, -0.25) is 14.4 Å². The average Bonchev–Trinajstić information content (AvgIpc) is 3.73. The number of alkyl carbamates (subject to hydrolysis) is 1. The lowest BCUT2D eigenvalue weighted by Crippen LogP contribution is -2.39. The fourth-order valence-corrected chi connectivity index (χ4v) is 8.01. The van der Waals surface area contributed by atoms with Crippen molar-refractivity contribution in [3.8, 4) is 0 Å². The van der Waals surface area contributed by atoms with E-state index in [0.717, 1.165) is 135 Å². The molecule has 0 bridgehead atoms. The largest absolute Gasteiger partial charge is 0.462 e. The summed E-state index contributed by atoms with van der Waals surface area (Å²) >= 11 is 0. The number of nitrogens with one attached hydrogen (secondary N) is 1. The zero-order valence-corrected chi connectivity index (χ0v) is 42.7. The SMILES string of the molecule is CCCCC/C=C\C/C=C\CCCCCCCC(=O)OCC(COC(=O)CCCCCCC/C=C\C/C=C\CCCCC)OC(=O)CCC(CCCCCC)OC(=O)NCC1CCCN1C. The molecule has 0 saturated carbocycles. The van der Waals surface area contributed by atoms with Crippen LogP contribution >= 0.6 is 0 Å². The van der Waals surface area contributed by atoms with Crippen LogP contribution in [0.1, 0.15) is 233 Å². The van der Waals surface area contributed by atoms with E-state index in [2.05, 4.69) is 86.6 Å². The minimum Gasteiger partial charge on any atom is -0.462 e. The van der Waals surface area contributed by atoms with E-state index in [1.807, 2.05) is 0 Å². The third-order valence-electron chi connectivity index (χ3n) is 12.3. The molecule has 1 saturated heterocycles. The van der Waals surface area contributed by atoms with E-state index in [0.29, 0.717) is 25.4 Å². The number of esters is 3. The van der Waals surface area contributed by atoms with Gasteiger partial charge in [-0.2, -0.15) is 0 Å². The molecule has 1 aliphatic heterocycles. The van der Waals surface area contributed by atoms with Gasteiger partial charge >= 0.3 is 24.0 Å². The number of allylic oxidation sites excluding steroid dienone is 8. The number of hydrogen-bond donors (Lipinski definition) is 1. The van der Waals surface area contributed by atoms with Gasteiger partial charge < -0.3 is 29.2 Å². The van der Waals surface area contributed by atoms with E-state index >= 15 is 0 Å². The molecule has 0 aliphatic carbocycles. The van der Waals surface area contributed by atoms with Gasteiger partial charge in [-0.1, -0.05) is 153 Å². The number of unbranched alkanes of at least 4 members (excludes halogenated alkanes) is 19. The maximum atomic E-state index is 13.2. The zero-order valence-electron chi connectivity index (χ0n) is 42.7. The third kappa shape index (κ3) is 38.7. The van der Waals surface area contributed by atoms with Crippen LogP contribution in [-0.2, 0) is 33.3 Å². The monoisotopic (exact) mass is 927 g/mol. The summed E-state index contributed by atoms with van der Waals surface area (Å²) in [5, 5.41) is 2.92. The summed E-state index contributed by atoms with van der Waals surface area (Å²) in [6.45, 7) is 7.80. The first kappa shape index (κ1) is 60.6. The summed E-state index contributed by atoms with van der Waals surface area (Å²) < 4.78 is 22.7. The Bertz CT molecular complexity index is 1250. The number of likely N-dealkylation sites (tertiary alicyclic amines) is 1. The van der Waals surface area contributed by atoms with Gasteiger partial charge in [-0.15, -0.1) is 0 Å². The number of hydrogen-bond acceptors (Lipinski definition) is 9. The Labute approximate surface area is 403 Å². The predicted molar refractivity (Wildman–Crippen MR) is 272 cm³/mol. The van der Waals surface area contributed by atoms with Crippen LogP contribution in [0.5, 0.6) is 0 Å². The molecule has 0 radical (unpaired) electrons. The summed E-state index contributed by atoms with van der Waals surface area (Å²) in [4.78, 5) is 53.8. The fourth-order valence-electron chi connectivity index (χ4n) is 8.01. The second kappa shape index (κ2) is 45.4. The Morgan fingerprint density at radius 3 is 1.45 bits per heavy atom. The molecule has 10 nitrogen and oxygen atoms in total. The van der Waals surface area contributed by atoms with Crippen LogP contribution in [0.25, 0.3) is 0 Å². The van der Waals surface area contributed by atoms with Crippen LogP contribution in [0.15, 0.2) is 48.6 Å². The van der Waals surface area contributed by atoms with Gasteiger partial charge in [0.25, 0.3) is 0 Å². The Kier molecular flexibility index (Phi) is 41.7. The van der Waals surface area contributed by atoms with Crippen molar-refractivity contribution < 1.29 is 38.1 Å². The van der Waals surface area contributed by atoms with Crippen LogP contribution in [0.3, 0.4) is 0 Å². The summed E-state index contributed by atoms with van der Waals surface area (Å²) in [6, 6.07) is 0.302. The predicted octanol–water partition coefficient (Wildman–Crippen LogP) is 14.6. The van der Waals surface area contributed by atoms with Gasteiger partial charge in [0.15, 0.2) is 6.10 Å². The highest BCUT2D eigenvalue weighted by Crippen LogP contribution is 2.17. The minimum absolute atomic E-state index is 0.0212. The van der Waals surface area contributed by atoms with Gasteiger partial charge in [-0.25, -0.2) is 4.79 Å². The number of carbonyl (C=O) groups excluding carboxylic acids is 4. The lowest BCUT2D eigenvalue weighted by atomic mass is 10.1. The molecule has 66 heavy (non-hydrogen) atoms. The highest BCUT2D eigenvalue weighted by Gasteiger charge is 2.24. The van der Waals surface area contributed by atoms with E-state index in [1.54, 1.807) is 0 Å². The number of likely N-dealkylation sites (N-methyl/N-ethyl adjacent to an activating group) is 1. The Hall–Kier alpha value is -3.40. The van der Waals surface area contributed by atoms with E-state index in [-0.39, 0.29) is 44.4 Å². The fraction of sp³-hybridized carbons (Fsp3) is 0.786. The molecule has 1 aliphatic rings. The summed E-state index contributed by atoms with van der Waals surface area (Å²) in [6.07, 6.45) is 48.3. The highest BCUT2D eigenvalue weighted by atomic mass is 16.6. The van der Waals surface area contributed by atoms with Crippen LogP contribution in [0.4, 0.5) is 4.79 Å². The summed E-state index contributed by atoms with van der Waals surface area (Å²) in [7, 11) is 2.07. The van der Waals surface area contributed by atoms with Gasteiger partial charge in [0, 0.05) is 31.8 Å². The Morgan fingerprint density at radius 2 is 0.970 bits per heavy atom. The molecule has 1 heterocycles. The van der Waals surface area contributed by atoms with Crippen LogP contribution in [0.2, 0.25) is 0 Å². The number of nitrogens with zero attached hydrogens (tertiary/aromatic N) is 1. The summed E-state index contributed by atoms with van der Waals surface area (Å²) in [5.74, 6) is -1.22. The van der Waals surface area contributed by atoms with Crippen molar-refractivity contribution in [1.29, 1.82) is 0 Å².